The SMILES string of the molecule is CC(C(=O)N(C)C1CCOC1)C1CNC1. The standard InChI is InChI=1S/C11H20N2O2/c1-8(9-5-12-6-9)11(14)13(2)10-3-4-15-7-10/h8-10,12H,3-7H2,1-2H3. The Morgan fingerprint density at radius 1 is 1.53 bits per heavy atom. The van der Waals surface area contributed by atoms with Crippen LogP contribution < -0.4 is 5.32 Å². The molecule has 4 nitrogen and oxygen atoms in total. The molecule has 2 heterocycles. The van der Waals surface area contributed by atoms with Crippen LogP contribution in [0.1, 0.15) is 13.3 Å². The van der Waals surface area contributed by atoms with Crippen LogP contribution in [0, 0.1) is 11.8 Å². The Kier molecular flexibility index (Phi) is 3.26. The van der Waals surface area contributed by atoms with Crippen LogP contribution >= 0.6 is 0 Å². The van der Waals surface area contributed by atoms with E-state index in [9.17, 15) is 4.79 Å². The summed E-state index contributed by atoms with van der Waals surface area (Å²) in [6, 6.07) is 0.299. The third-order valence-corrected chi connectivity index (χ3v) is 3.71. The molecule has 0 aliphatic carbocycles. The van der Waals surface area contributed by atoms with Crippen molar-refractivity contribution in [2.75, 3.05) is 33.4 Å². The van der Waals surface area contributed by atoms with Gasteiger partial charge in [0.2, 0.25) is 5.91 Å². The maximum Gasteiger partial charge on any atom is 0.225 e. The van der Waals surface area contributed by atoms with Crippen LogP contribution in [0.25, 0.3) is 0 Å². The van der Waals surface area contributed by atoms with Crippen molar-refractivity contribution in [3.05, 3.63) is 0 Å². The van der Waals surface area contributed by atoms with E-state index < -0.39 is 0 Å². The van der Waals surface area contributed by atoms with Crippen molar-refractivity contribution in [3.63, 3.8) is 0 Å². The van der Waals surface area contributed by atoms with Crippen LogP contribution in [0.5, 0.6) is 0 Å². The van der Waals surface area contributed by atoms with Gasteiger partial charge in [0, 0.05) is 19.6 Å². The van der Waals surface area contributed by atoms with Gasteiger partial charge in [0.05, 0.1) is 12.6 Å². The fourth-order valence-corrected chi connectivity index (χ4v) is 2.19. The number of hydrogen-bond acceptors (Lipinski definition) is 3. The van der Waals surface area contributed by atoms with Crippen molar-refractivity contribution in [2.24, 2.45) is 11.8 Å². The summed E-state index contributed by atoms with van der Waals surface area (Å²) in [7, 11) is 1.91. The van der Waals surface area contributed by atoms with E-state index in [1.54, 1.807) is 0 Å². The fourth-order valence-electron chi connectivity index (χ4n) is 2.19. The highest BCUT2D eigenvalue weighted by molar-refractivity contribution is 5.79. The molecule has 1 N–H and O–H groups in total. The molecular weight excluding hydrogens is 192 g/mol. The summed E-state index contributed by atoms with van der Waals surface area (Å²) < 4.78 is 5.30. The van der Waals surface area contributed by atoms with Gasteiger partial charge in [-0.3, -0.25) is 4.79 Å². The Morgan fingerprint density at radius 2 is 2.27 bits per heavy atom. The molecule has 0 spiro atoms. The Bertz CT molecular complexity index is 235. The van der Waals surface area contributed by atoms with Crippen molar-refractivity contribution in [1.29, 1.82) is 0 Å². The third kappa shape index (κ3) is 2.16. The molecule has 0 saturated carbocycles. The molecule has 0 aromatic rings. The average molecular weight is 212 g/mol. The normalized spacial score (nSPS) is 28.5. The first-order valence-electron chi connectivity index (χ1n) is 5.75. The first-order chi connectivity index (χ1) is 7.20. The molecule has 4 heteroatoms. The Balaban J connectivity index is 1.87. The van der Waals surface area contributed by atoms with Crippen LogP contribution in [-0.2, 0) is 9.53 Å². The molecule has 0 aromatic heterocycles. The monoisotopic (exact) mass is 212 g/mol. The van der Waals surface area contributed by atoms with Gasteiger partial charge in [-0.2, -0.15) is 0 Å². The van der Waals surface area contributed by atoms with Gasteiger partial charge in [0.15, 0.2) is 0 Å². The highest BCUT2D eigenvalue weighted by Crippen LogP contribution is 2.20. The molecule has 2 unspecified atom stereocenters. The number of rotatable bonds is 3. The summed E-state index contributed by atoms with van der Waals surface area (Å²) in [5.41, 5.74) is 0. The average Bonchev–Trinajstić information content (AvgIpc) is 2.65. The molecule has 1 amide bonds. The zero-order chi connectivity index (χ0) is 10.8. The first kappa shape index (κ1) is 10.9. The van der Waals surface area contributed by atoms with Gasteiger partial charge < -0.3 is 15.0 Å². The Morgan fingerprint density at radius 3 is 2.73 bits per heavy atom. The second-order valence-corrected chi connectivity index (χ2v) is 4.67. The molecule has 0 radical (unpaired) electrons. The zero-order valence-corrected chi connectivity index (χ0v) is 9.53. The van der Waals surface area contributed by atoms with Crippen LogP contribution in [0.4, 0.5) is 0 Å². The largest absolute Gasteiger partial charge is 0.379 e. The van der Waals surface area contributed by atoms with Gasteiger partial charge in [-0.05, 0) is 25.4 Å². The van der Waals surface area contributed by atoms with Crippen molar-refractivity contribution < 1.29 is 9.53 Å². The predicted octanol–water partition coefficient (Wildman–Crippen LogP) is 0.0892. The number of carbonyl (C=O) groups is 1. The lowest BCUT2D eigenvalue weighted by Gasteiger charge is -2.35. The molecule has 2 aliphatic heterocycles. The molecule has 2 rings (SSSR count). The molecular formula is C11H20N2O2. The fraction of sp³-hybridized carbons (Fsp3) is 0.909. The van der Waals surface area contributed by atoms with E-state index in [0.717, 1.165) is 26.1 Å². The minimum absolute atomic E-state index is 0.150. The smallest absolute Gasteiger partial charge is 0.225 e. The molecule has 86 valence electrons. The minimum Gasteiger partial charge on any atom is -0.379 e. The lowest BCUT2D eigenvalue weighted by atomic mass is 9.87. The Hall–Kier alpha value is -0.610. The summed E-state index contributed by atoms with van der Waals surface area (Å²) in [4.78, 5) is 14.0. The summed E-state index contributed by atoms with van der Waals surface area (Å²) >= 11 is 0. The van der Waals surface area contributed by atoms with Gasteiger partial charge in [-0.1, -0.05) is 6.92 Å². The van der Waals surface area contributed by atoms with Gasteiger partial charge in [0.25, 0.3) is 0 Å². The molecule has 2 aliphatic rings. The summed E-state index contributed by atoms with van der Waals surface area (Å²) in [5, 5.41) is 3.21. The van der Waals surface area contributed by atoms with E-state index >= 15 is 0 Å². The number of amides is 1. The first-order valence-corrected chi connectivity index (χ1v) is 5.75. The van der Waals surface area contributed by atoms with Crippen LogP contribution in [0.3, 0.4) is 0 Å². The van der Waals surface area contributed by atoms with Crippen LogP contribution in [-0.4, -0.2) is 50.2 Å². The second kappa shape index (κ2) is 4.49. The predicted molar refractivity (Wildman–Crippen MR) is 57.5 cm³/mol. The maximum atomic E-state index is 12.1. The molecule has 0 bridgehead atoms. The molecule has 2 atom stereocenters. The van der Waals surface area contributed by atoms with Crippen LogP contribution in [0.15, 0.2) is 0 Å². The molecule has 2 fully saturated rings. The molecule has 0 aromatic carbocycles. The maximum absolute atomic E-state index is 12.1. The minimum atomic E-state index is 0.150. The highest BCUT2D eigenvalue weighted by Gasteiger charge is 2.33. The number of nitrogens with zero attached hydrogens (tertiary/aromatic N) is 1. The van der Waals surface area contributed by atoms with E-state index in [1.807, 2.05) is 18.9 Å². The van der Waals surface area contributed by atoms with E-state index in [4.69, 9.17) is 4.74 Å². The van der Waals surface area contributed by atoms with Crippen LogP contribution in [0.2, 0.25) is 0 Å². The van der Waals surface area contributed by atoms with E-state index in [-0.39, 0.29) is 11.8 Å². The van der Waals surface area contributed by atoms with E-state index in [1.165, 1.54) is 0 Å². The molecule has 2 saturated heterocycles. The third-order valence-electron chi connectivity index (χ3n) is 3.71. The van der Waals surface area contributed by atoms with Gasteiger partial charge in [-0.25, -0.2) is 0 Å². The zero-order valence-electron chi connectivity index (χ0n) is 9.53. The topological polar surface area (TPSA) is 41.6 Å². The quantitative estimate of drug-likeness (QED) is 0.721. The van der Waals surface area contributed by atoms with Gasteiger partial charge in [-0.15, -0.1) is 0 Å². The summed E-state index contributed by atoms with van der Waals surface area (Å²) in [6.07, 6.45) is 0.984. The second-order valence-electron chi connectivity index (χ2n) is 4.67. The number of ether oxygens (including phenoxy) is 1. The van der Waals surface area contributed by atoms with Crippen molar-refractivity contribution in [3.8, 4) is 0 Å². The highest BCUT2D eigenvalue weighted by atomic mass is 16.5. The summed E-state index contributed by atoms with van der Waals surface area (Å²) in [5.74, 6) is 0.955. The van der Waals surface area contributed by atoms with Gasteiger partial charge in [0.1, 0.15) is 0 Å². The number of likely N-dealkylation sites (N-methyl/N-ethyl adjacent to an activating group) is 1. The molecule has 15 heavy (non-hydrogen) atoms. The van der Waals surface area contributed by atoms with E-state index in [0.29, 0.717) is 18.6 Å². The lowest BCUT2D eigenvalue weighted by Crippen LogP contribution is -2.51. The van der Waals surface area contributed by atoms with Gasteiger partial charge >= 0.3 is 0 Å². The van der Waals surface area contributed by atoms with E-state index in [2.05, 4.69) is 5.32 Å². The Labute approximate surface area is 91.0 Å². The van der Waals surface area contributed by atoms with Crippen molar-refractivity contribution >= 4 is 5.91 Å². The summed E-state index contributed by atoms with van der Waals surface area (Å²) in [6.45, 7) is 5.52. The number of nitrogens with one attached hydrogen (secondary N) is 1. The van der Waals surface area contributed by atoms with Crippen molar-refractivity contribution in [2.45, 2.75) is 19.4 Å². The van der Waals surface area contributed by atoms with Crippen molar-refractivity contribution in [1.82, 2.24) is 10.2 Å². The number of hydrogen-bond donors (Lipinski definition) is 1. The lowest BCUT2D eigenvalue weighted by molar-refractivity contribution is -0.138. The number of carbonyl (C=O) groups excluding carboxylic acids is 1.